The summed E-state index contributed by atoms with van der Waals surface area (Å²) >= 11 is 0. The number of rotatable bonds is 3. The Balaban J connectivity index is 1.94. The highest BCUT2D eigenvalue weighted by molar-refractivity contribution is 5.97. The summed E-state index contributed by atoms with van der Waals surface area (Å²) in [5, 5.41) is 7.71. The van der Waals surface area contributed by atoms with Gasteiger partial charge in [-0.3, -0.25) is 9.59 Å². The summed E-state index contributed by atoms with van der Waals surface area (Å²) in [6.07, 6.45) is 0. The van der Waals surface area contributed by atoms with Crippen molar-refractivity contribution in [3.63, 3.8) is 0 Å². The van der Waals surface area contributed by atoms with Crippen LogP contribution in [0.4, 0.5) is 0 Å². The van der Waals surface area contributed by atoms with Gasteiger partial charge in [-0.25, -0.2) is 4.68 Å². The number of aromatic nitrogens is 2. The molecule has 2 atom stereocenters. The molecule has 0 saturated carbocycles. The number of carbonyl (C=O) groups is 2. The molecule has 126 valence electrons. The largest absolute Gasteiger partial charge is 0.364 e. The summed E-state index contributed by atoms with van der Waals surface area (Å²) in [4.78, 5) is 26.3. The van der Waals surface area contributed by atoms with Crippen molar-refractivity contribution < 1.29 is 9.59 Å². The van der Waals surface area contributed by atoms with Crippen molar-refractivity contribution in [1.82, 2.24) is 20.0 Å². The van der Waals surface area contributed by atoms with Gasteiger partial charge in [0.15, 0.2) is 5.69 Å². The summed E-state index contributed by atoms with van der Waals surface area (Å²) in [6.45, 7) is 5.28. The van der Waals surface area contributed by atoms with Crippen LogP contribution in [0, 0.1) is 0 Å². The molecule has 0 bridgehead atoms. The van der Waals surface area contributed by atoms with Crippen LogP contribution in [0.15, 0.2) is 36.4 Å². The van der Waals surface area contributed by atoms with Crippen LogP contribution in [0.5, 0.6) is 0 Å². The Bertz CT molecular complexity index is 746. The third-order valence-corrected chi connectivity index (χ3v) is 4.03. The Morgan fingerprint density at radius 1 is 1.17 bits per heavy atom. The number of nitrogens with one attached hydrogen (secondary N) is 1. The van der Waals surface area contributed by atoms with Crippen LogP contribution in [0.1, 0.15) is 34.8 Å². The van der Waals surface area contributed by atoms with E-state index < -0.39 is 5.91 Å². The topological polar surface area (TPSA) is 93.2 Å². The molecule has 0 spiro atoms. The minimum absolute atomic E-state index is 0.188. The summed E-state index contributed by atoms with van der Waals surface area (Å²) in [7, 11) is 0. The molecule has 1 aliphatic rings. The normalized spacial score (nSPS) is 20.8. The predicted molar refractivity (Wildman–Crippen MR) is 90.0 cm³/mol. The summed E-state index contributed by atoms with van der Waals surface area (Å²) in [5.41, 5.74) is 6.57. The average Bonchev–Trinajstić information content (AvgIpc) is 2.99. The van der Waals surface area contributed by atoms with Crippen molar-refractivity contribution >= 4 is 11.8 Å². The Labute approximate surface area is 140 Å². The second kappa shape index (κ2) is 6.45. The van der Waals surface area contributed by atoms with Gasteiger partial charge < -0.3 is 16.0 Å². The highest BCUT2D eigenvalue weighted by atomic mass is 16.2. The lowest BCUT2D eigenvalue weighted by Crippen LogP contribution is -2.55. The fraction of sp³-hybridized carbons (Fsp3) is 0.353. The second-order valence-electron chi connectivity index (χ2n) is 6.21. The molecule has 1 fully saturated rings. The number of benzene rings is 1. The lowest BCUT2D eigenvalue weighted by Gasteiger charge is -2.35. The van der Waals surface area contributed by atoms with E-state index in [1.807, 2.05) is 44.2 Å². The molecule has 0 radical (unpaired) electrons. The van der Waals surface area contributed by atoms with Gasteiger partial charge in [0.2, 0.25) is 0 Å². The molecule has 1 saturated heterocycles. The molecule has 2 heterocycles. The van der Waals surface area contributed by atoms with Crippen LogP contribution in [-0.4, -0.2) is 51.7 Å². The molecule has 0 aliphatic carbocycles. The zero-order chi connectivity index (χ0) is 17.3. The molecular weight excluding hydrogens is 306 g/mol. The second-order valence-corrected chi connectivity index (χ2v) is 6.21. The first kappa shape index (κ1) is 16.2. The molecule has 7 heteroatoms. The Morgan fingerprint density at radius 2 is 1.79 bits per heavy atom. The van der Waals surface area contributed by atoms with Gasteiger partial charge in [-0.05, 0) is 26.0 Å². The summed E-state index contributed by atoms with van der Waals surface area (Å²) < 4.78 is 1.42. The minimum atomic E-state index is -0.618. The zero-order valence-corrected chi connectivity index (χ0v) is 13.8. The zero-order valence-electron chi connectivity index (χ0n) is 13.8. The lowest BCUT2D eigenvalue weighted by atomic mass is 10.1. The minimum Gasteiger partial charge on any atom is -0.364 e. The van der Waals surface area contributed by atoms with Crippen LogP contribution in [0.3, 0.4) is 0 Å². The maximum absolute atomic E-state index is 12.8. The van der Waals surface area contributed by atoms with Crippen molar-refractivity contribution in [2.75, 3.05) is 13.1 Å². The first-order valence-electron chi connectivity index (χ1n) is 7.96. The van der Waals surface area contributed by atoms with Crippen LogP contribution in [0.25, 0.3) is 5.69 Å². The fourth-order valence-corrected chi connectivity index (χ4v) is 3.08. The van der Waals surface area contributed by atoms with E-state index in [1.165, 1.54) is 10.7 Å². The van der Waals surface area contributed by atoms with Gasteiger partial charge in [-0.15, -0.1) is 0 Å². The highest BCUT2D eigenvalue weighted by Gasteiger charge is 2.28. The van der Waals surface area contributed by atoms with Crippen molar-refractivity contribution in [2.24, 2.45) is 5.73 Å². The van der Waals surface area contributed by atoms with E-state index in [9.17, 15) is 9.59 Å². The molecule has 24 heavy (non-hydrogen) atoms. The predicted octanol–water partition coefficient (Wildman–Crippen LogP) is 0.794. The number of carbonyl (C=O) groups excluding carboxylic acids is 2. The molecule has 1 aromatic heterocycles. The molecule has 2 aromatic rings. The third-order valence-electron chi connectivity index (χ3n) is 4.03. The van der Waals surface area contributed by atoms with Crippen molar-refractivity contribution in [3.8, 4) is 5.69 Å². The van der Waals surface area contributed by atoms with Gasteiger partial charge in [0.05, 0.1) is 5.69 Å². The van der Waals surface area contributed by atoms with E-state index in [0.717, 1.165) is 0 Å². The fourth-order valence-electron chi connectivity index (χ4n) is 3.08. The number of amides is 2. The van der Waals surface area contributed by atoms with Crippen LogP contribution >= 0.6 is 0 Å². The van der Waals surface area contributed by atoms with E-state index in [1.54, 1.807) is 4.90 Å². The quantitative estimate of drug-likeness (QED) is 0.872. The van der Waals surface area contributed by atoms with Gasteiger partial charge in [0.25, 0.3) is 11.8 Å². The first-order chi connectivity index (χ1) is 11.5. The monoisotopic (exact) mass is 327 g/mol. The molecular formula is C17H21N5O2. The van der Waals surface area contributed by atoms with Crippen LogP contribution in [0.2, 0.25) is 0 Å². The van der Waals surface area contributed by atoms with E-state index in [0.29, 0.717) is 18.8 Å². The molecule has 1 aliphatic heterocycles. The number of piperazine rings is 1. The number of nitrogens with two attached hydrogens (primary N) is 1. The smallest absolute Gasteiger partial charge is 0.274 e. The lowest BCUT2D eigenvalue weighted by molar-refractivity contribution is 0.0667. The Hall–Kier alpha value is -2.67. The molecule has 3 rings (SSSR count). The van der Waals surface area contributed by atoms with Gasteiger partial charge in [0, 0.05) is 31.2 Å². The first-order valence-corrected chi connectivity index (χ1v) is 7.96. The summed E-state index contributed by atoms with van der Waals surface area (Å²) in [5.74, 6) is -0.806. The van der Waals surface area contributed by atoms with E-state index >= 15 is 0 Å². The van der Waals surface area contributed by atoms with E-state index in [2.05, 4.69) is 10.4 Å². The van der Waals surface area contributed by atoms with Crippen LogP contribution < -0.4 is 11.1 Å². The molecule has 3 N–H and O–H groups in total. The van der Waals surface area contributed by atoms with E-state index in [4.69, 9.17) is 5.73 Å². The maximum atomic E-state index is 12.8. The van der Waals surface area contributed by atoms with Crippen molar-refractivity contribution in [3.05, 3.63) is 47.8 Å². The SMILES string of the molecule is CC1CN(C(=O)c2cc(C(N)=O)n(-c3ccccc3)n2)CC(C)N1. The summed E-state index contributed by atoms with van der Waals surface area (Å²) in [6, 6.07) is 11.0. The Morgan fingerprint density at radius 3 is 2.38 bits per heavy atom. The van der Waals surface area contributed by atoms with E-state index in [-0.39, 0.29) is 29.4 Å². The number of hydrogen-bond donors (Lipinski definition) is 2. The van der Waals surface area contributed by atoms with Crippen LogP contribution in [-0.2, 0) is 0 Å². The molecule has 2 unspecified atom stereocenters. The maximum Gasteiger partial charge on any atom is 0.274 e. The van der Waals surface area contributed by atoms with Gasteiger partial charge in [0.1, 0.15) is 5.69 Å². The molecule has 2 amide bonds. The third kappa shape index (κ3) is 3.16. The van der Waals surface area contributed by atoms with Crippen molar-refractivity contribution in [1.29, 1.82) is 0 Å². The highest BCUT2D eigenvalue weighted by Crippen LogP contribution is 2.15. The van der Waals surface area contributed by atoms with Crippen molar-refractivity contribution in [2.45, 2.75) is 25.9 Å². The number of primary amides is 1. The van der Waals surface area contributed by atoms with Gasteiger partial charge in [-0.2, -0.15) is 5.10 Å². The average molecular weight is 327 g/mol. The number of hydrogen-bond acceptors (Lipinski definition) is 4. The number of para-hydroxylation sites is 1. The van der Waals surface area contributed by atoms with Gasteiger partial charge >= 0.3 is 0 Å². The molecule has 7 nitrogen and oxygen atoms in total. The molecule has 1 aromatic carbocycles. The standard InChI is InChI=1S/C17H21N5O2/c1-11-9-21(10-12(2)19-11)17(24)14-8-15(16(18)23)22(20-14)13-6-4-3-5-7-13/h3-8,11-12,19H,9-10H2,1-2H3,(H2,18,23). The Kier molecular flexibility index (Phi) is 4.35. The number of nitrogens with zero attached hydrogens (tertiary/aromatic N) is 3. The van der Waals surface area contributed by atoms with Gasteiger partial charge in [-0.1, -0.05) is 18.2 Å².